The Hall–Kier alpha value is -0.800. The minimum absolute atomic E-state index is 0.437. The topological polar surface area (TPSA) is 9.23 Å². The zero-order valence-electron chi connectivity index (χ0n) is 19.8. The van der Waals surface area contributed by atoms with Gasteiger partial charge in [-0.15, -0.1) is 69.6 Å². The summed E-state index contributed by atoms with van der Waals surface area (Å²) in [6.45, 7) is 3.01. The molecule has 0 N–H and O–H groups in total. The zero-order chi connectivity index (χ0) is 25.8. The van der Waals surface area contributed by atoms with Gasteiger partial charge in [0.05, 0.1) is 38.9 Å². The number of fused-ring (bicyclic) bond motifs is 6. The summed E-state index contributed by atoms with van der Waals surface area (Å²) in [6.07, 6.45) is 3.54. The SMILES string of the molecule is CCCCCOc1cccc2c3ccccc3c3ccccc3c12.ClC1C(Cl)C(Cl)C(Cl)C(Cl)C1Cl. The zero-order valence-corrected chi connectivity index (χ0v) is 24.4. The second-order valence-corrected chi connectivity index (χ2v) is 12.0. The molecule has 0 radical (unpaired) electrons. The third-order valence-electron chi connectivity index (χ3n) is 6.56. The lowest BCUT2D eigenvalue weighted by Crippen LogP contribution is -2.52. The molecule has 4 aromatic rings. The maximum atomic E-state index is 6.18. The molecule has 0 bridgehead atoms. The van der Waals surface area contributed by atoms with Gasteiger partial charge in [0.1, 0.15) is 5.75 Å². The summed E-state index contributed by atoms with van der Waals surface area (Å²) >= 11 is 35.3. The molecule has 1 nitrogen and oxygen atoms in total. The molecular formula is C29H28Cl6O. The van der Waals surface area contributed by atoms with Gasteiger partial charge in [-0.3, -0.25) is 0 Å². The largest absolute Gasteiger partial charge is 0.493 e. The van der Waals surface area contributed by atoms with Gasteiger partial charge in [-0.1, -0.05) is 80.4 Å². The van der Waals surface area contributed by atoms with Crippen LogP contribution in [-0.2, 0) is 0 Å². The molecule has 0 unspecified atom stereocenters. The minimum atomic E-state index is -0.437. The van der Waals surface area contributed by atoms with Gasteiger partial charge in [-0.05, 0) is 39.4 Å². The van der Waals surface area contributed by atoms with E-state index >= 15 is 0 Å². The van der Waals surface area contributed by atoms with Crippen LogP contribution in [0.3, 0.4) is 0 Å². The maximum absolute atomic E-state index is 6.18. The summed E-state index contributed by atoms with van der Waals surface area (Å²) in [7, 11) is 0. The molecule has 5 rings (SSSR count). The number of hydrogen-bond donors (Lipinski definition) is 0. The van der Waals surface area contributed by atoms with Crippen LogP contribution in [0.1, 0.15) is 26.2 Å². The van der Waals surface area contributed by atoms with Gasteiger partial charge in [-0.2, -0.15) is 0 Å². The Morgan fingerprint density at radius 3 is 1.36 bits per heavy atom. The molecule has 0 heterocycles. The molecule has 1 saturated carbocycles. The Kier molecular flexibility index (Phi) is 10.1. The van der Waals surface area contributed by atoms with Crippen LogP contribution in [0.4, 0.5) is 0 Å². The first kappa shape index (κ1) is 28.2. The van der Waals surface area contributed by atoms with Crippen molar-refractivity contribution in [2.75, 3.05) is 6.61 Å². The molecule has 0 amide bonds. The lowest BCUT2D eigenvalue weighted by atomic mass is 9.94. The third kappa shape index (κ3) is 5.78. The summed E-state index contributed by atoms with van der Waals surface area (Å²) in [6, 6.07) is 23.7. The third-order valence-corrected chi connectivity index (χ3v) is 10.6. The predicted molar refractivity (Wildman–Crippen MR) is 162 cm³/mol. The lowest BCUT2D eigenvalue weighted by molar-refractivity contribution is 0.310. The van der Waals surface area contributed by atoms with E-state index in [-0.39, 0.29) is 0 Å². The Bertz CT molecular complexity index is 1210. The number of ether oxygens (including phenoxy) is 1. The molecule has 1 aliphatic carbocycles. The van der Waals surface area contributed by atoms with E-state index in [1.807, 2.05) is 0 Å². The van der Waals surface area contributed by atoms with Gasteiger partial charge in [0, 0.05) is 5.39 Å². The van der Waals surface area contributed by atoms with Crippen LogP contribution in [0.5, 0.6) is 5.75 Å². The van der Waals surface area contributed by atoms with E-state index in [2.05, 4.69) is 73.7 Å². The van der Waals surface area contributed by atoms with Crippen LogP contribution in [0.15, 0.2) is 66.7 Å². The van der Waals surface area contributed by atoms with Crippen LogP contribution in [0, 0.1) is 0 Å². The highest BCUT2D eigenvalue weighted by molar-refractivity contribution is 6.45. The first-order valence-electron chi connectivity index (χ1n) is 12.2. The second-order valence-electron chi connectivity index (χ2n) is 8.99. The average Bonchev–Trinajstić information content (AvgIpc) is 2.92. The monoisotopic (exact) mass is 602 g/mol. The van der Waals surface area contributed by atoms with E-state index < -0.39 is 32.3 Å². The first-order valence-corrected chi connectivity index (χ1v) is 14.8. The summed E-state index contributed by atoms with van der Waals surface area (Å²) in [5.41, 5.74) is 0. The Balaban J connectivity index is 0.000000214. The van der Waals surface area contributed by atoms with Crippen molar-refractivity contribution >= 4 is 102 Å². The van der Waals surface area contributed by atoms with Crippen molar-refractivity contribution in [3.05, 3.63) is 66.7 Å². The summed E-state index contributed by atoms with van der Waals surface area (Å²) in [5, 5.41) is 5.07. The van der Waals surface area contributed by atoms with E-state index in [0.717, 1.165) is 18.8 Å². The van der Waals surface area contributed by atoms with Crippen molar-refractivity contribution < 1.29 is 4.74 Å². The Morgan fingerprint density at radius 2 is 0.917 bits per heavy atom. The van der Waals surface area contributed by atoms with Crippen LogP contribution in [0.2, 0.25) is 0 Å². The number of alkyl halides is 6. The van der Waals surface area contributed by atoms with Crippen LogP contribution < -0.4 is 4.74 Å². The van der Waals surface area contributed by atoms with E-state index in [0.29, 0.717) is 0 Å². The summed E-state index contributed by atoms with van der Waals surface area (Å²) in [4.78, 5) is 0. The number of rotatable bonds is 5. The second kappa shape index (κ2) is 12.8. The number of unbranched alkanes of at least 4 members (excludes halogenated alkanes) is 2. The Labute approximate surface area is 242 Å². The number of halogens is 6. The van der Waals surface area contributed by atoms with Gasteiger partial charge >= 0.3 is 0 Å². The van der Waals surface area contributed by atoms with Crippen molar-refractivity contribution in [1.82, 2.24) is 0 Å². The van der Waals surface area contributed by atoms with Gasteiger partial charge in [0.15, 0.2) is 0 Å². The molecule has 0 aromatic heterocycles. The molecule has 0 spiro atoms. The highest BCUT2D eigenvalue weighted by Gasteiger charge is 2.46. The first-order chi connectivity index (χ1) is 17.4. The highest BCUT2D eigenvalue weighted by Crippen LogP contribution is 2.40. The lowest BCUT2D eigenvalue weighted by Gasteiger charge is -2.37. The predicted octanol–water partition coefficient (Wildman–Crippen LogP) is 10.4. The van der Waals surface area contributed by atoms with Gasteiger partial charge in [0.25, 0.3) is 0 Å². The van der Waals surface area contributed by atoms with Gasteiger partial charge in [0.2, 0.25) is 0 Å². The minimum Gasteiger partial charge on any atom is -0.493 e. The van der Waals surface area contributed by atoms with Crippen LogP contribution in [-0.4, -0.2) is 38.9 Å². The van der Waals surface area contributed by atoms with Crippen molar-refractivity contribution in [3.8, 4) is 5.75 Å². The van der Waals surface area contributed by atoms with Crippen LogP contribution in [0.25, 0.3) is 32.3 Å². The Morgan fingerprint density at radius 1 is 0.528 bits per heavy atom. The molecule has 36 heavy (non-hydrogen) atoms. The molecule has 7 heteroatoms. The van der Waals surface area contributed by atoms with E-state index in [9.17, 15) is 0 Å². The molecule has 0 atom stereocenters. The maximum Gasteiger partial charge on any atom is 0.127 e. The quantitative estimate of drug-likeness (QED) is 0.125. The summed E-state index contributed by atoms with van der Waals surface area (Å²) in [5.74, 6) is 1.01. The fourth-order valence-corrected chi connectivity index (χ4v) is 6.96. The van der Waals surface area contributed by atoms with E-state index in [4.69, 9.17) is 74.3 Å². The molecule has 192 valence electrons. The molecular weight excluding hydrogens is 577 g/mol. The fourth-order valence-electron chi connectivity index (χ4n) is 4.63. The van der Waals surface area contributed by atoms with E-state index in [1.54, 1.807) is 0 Å². The molecule has 0 saturated heterocycles. The average molecular weight is 605 g/mol. The highest BCUT2D eigenvalue weighted by atomic mass is 35.5. The standard InChI is InChI=1S/C23H22O.C6H6Cl6/c1-2-3-8-16-24-22-15-9-14-21-19-11-5-4-10-17(19)18-12-6-7-13-20(18)23(21)22;7-1-2(8)4(10)6(12)5(11)3(1)9/h4-7,9-15H,2-3,8,16H2,1H3;1-6H. The normalized spacial score (nSPS) is 26.1. The van der Waals surface area contributed by atoms with E-state index in [1.165, 1.54) is 45.2 Å². The number of hydrogen-bond acceptors (Lipinski definition) is 1. The van der Waals surface area contributed by atoms with Crippen molar-refractivity contribution in [2.24, 2.45) is 0 Å². The molecule has 1 fully saturated rings. The van der Waals surface area contributed by atoms with Gasteiger partial charge < -0.3 is 4.74 Å². The molecule has 1 aliphatic rings. The van der Waals surface area contributed by atoms with Crippen molar-refractivity contribution in [2.45, 2.75) is 58.4 Å². The van der Waals surface area contributed by atoms with Crippen molar-refractivity contribution in [3.63, 3.8) is 0 Å². The smallest absolute Gasteiger partial charge is 0.127 e. The summed E-state index contributed by atoms with van der Waals surface area (Å²) < 4.78 is 6.18. The molecule has 4 aromatic carbocycles. The van der Waals surface area contributed by atoms with Crippen molar-refractivity contribution in [1.29, 1.82) is 0 Å². The molecule has 0 aliphatic heterocycles. The fraction of sp³-hybridized carbons (Fsp3) is 0.379. The number of benzene rings is 4. The van der Waals surface area contributed by atoms with Crippen LogP contribution >= 0.6 is 69.6 Å². The van der Waals surface area contributed by atoms with Gasteiger partial charge in [-0.25, -0.2) is 0 Å².